The SMILES string of the molecule is CCN(CCC(=O)OC)Cc1nc(N)nc(N(C)C)n1. The standard InChI is InChI=1S/C12H22N6O2/c1-5-18(7-6-10(19)20-4)8-9-14-11(13)16-12(15-9)17(2)3/h5-8H2,1-4H3,(H2,13,14,15,16). The number of hydrogen-bond donors (Lipinski definition) is 1. The first kappa shape index (κ1) is 16.1. The van der Waals surface area contributed by atoms with Crippen LogP contribution in [0.5, 0.6) is 0 Å². The minimum absolute atomic E-state index is 0.197. The van der Waals surface area contributed by atoms with Gasteiger partial charge in [0.15, 0.2) is 0 Å². The van der Waals surface area contributed by atoms with Gasteiger partial charge in [-0.15, -0.1) is 0 Å². The average molecular weight is 282 g/mol. The van der Waals surface area contributed by atoms with Crippen LogP contribution in [0.4, 0.5) is 11.9 Å². The van der Waals surface area contributed by atoms with Gasteiger partial charge in [0.2, 0.25) is 11.9 Å². The highest BCUT2D eigenvalue weighted by atomic mass is 16.5. The summed E-state index contributed by atoms with van der Waals surface area (Å²) in [6.45, 7) is 3.89. The van der Waals surface area contributed by atoms with Crippen molar-refractivity contribution in [2.45, 2.75) is 19.9 Å². The quantitative estimate of drug-likeness (QED) is 0.693. The number of aromatic nitrogens is 3. The van der Waals surface area contributed by atoms with Gasteiger partial charge in [0.05, 0.1) is 20.1 Å². The largest absolute Gasteiger partial charge is 0.469 e. The molecular weight excluding hydrogens is 260 g/mol. The molecule has 0 fully saturated rings. The van der Waals surface area contributed by atoms with E-state index in [0.29, 0.717) is 31.3 Å². The van der Waals surface area contributed by atoms with E-state index < -0.39 is 0 Å². The van der Waals surface area contributed by atoms with Crippen LogP contribution in [-0.2, 0) is 16.1 Å². The van der Waals surface area contributed by atoms with E-state index in [1.54, 1.807) is 4.90 Å². The molecule has 0 saturated carbocycles. The Morgan fingerprint density at radius 1 is 1.30 bits per heavy atom. The fourth-order valence-electron chi connectivity index (χ4n) is 1.60. The van der Waals surface area contributed by atoms with E-state index in [4.69, 9.17) is 5.73 Å². The molecule has 0 aliphatic heterocycles. The molecule has 0 atom stereocenters. The molecule has 112 valence electrons. The summed E-state index contributed by atoms with van der Waals surface area (Å²) in [6, 6.07) is 0. The maximum absolute atomic E-state index is 11.2. The Morgan fingerprint density at radius 3 is 2.55 bits per heavy atom. The molecule has 2 N–H and O–H groups in total. The highest BCUT2D eigenvalue weighted by Crippen LogP contribution is 2.08. The monoisotopic (exact) mass is 282 g/mol. The van der Waals surface area contributed by atoms with Crippen molar-refractivity contribution in [2.24, 2.45) is 0 Å². The van der Waals surface area contributed by atoms with Crippen molar-refractivity contribution >= 4 is 17.9 Å². The molecule has 0 spiro atoms. The zero-order chi connectivity index (χ0) is 15.1. The number of nitrogens with zero attached hydrogens (tertiary/aromatic N) is 5. The summed E-state index contributed by atoms with van der Waals surface area (Å²) < 4.78 is 4.63. The molecule has 8 nitrogen and oxygen atoms in total. The van der Waals surface area contributed by atoms with Crippen LogP contribution in [0.1, 0.15) is 19.2 Å². The van der Waals surface area contributed by atoms with Crippen molar-refractivity contribution in [1.82, 2.24) is 19.9 Å². The molecule has 0 unspecified atom stereocenters. The maximum atomic E-state index is 11.2. The molecule has 0 bridgehead atoms. The fourth-order valence-corrected chi connectivity index (χ4v) is 1.60. The Balaban J connectivity index is 2.71. The second kappa shape index (κ2) is 7.59. The van der Waals surface area contributed by atoms with Gasteiger partial charge in [-0.25, -0.2) is 0 Å². The van der Waals surface area contributed by atoms with Crippen LogP contribution in [0.25, 0.3) is 0 Å². The van der Waals surface area contributed by atoms with Crippen LogP contribution in [-0.4, -0.2) is 60.1 Å². The molecule has 1 aromatic heterocycles. The summed E-state index contributed by atoms with van der Waals surface area (Å²) in [7, 11) is 5.06. The smallest absolute Gasteiger partial charge is 0.306 e. The first-order valence-corrected chi connectivity index (χ1v) is 6.43. The minimum atomic E-state index is -0.229. The van der Waals surface area contributed by atoms with Crippen molar-refractivity contribution < 1.29 is 9.53 Å². The van der Waals surface area contributed by atoms with Crippen molar-refractivity contribution in [2.75, 3.05) is 44.9 Å². The lowest BCUT2D eigenvalue weighted by Gasteiger charge is -2.19. The van der Waals surface area contributed by atoms with E-state index >= 15 is 0 Å². The van der Waals surface area contributed by atoms with Crippen LogP contribution in [0.3, 0.4) is 0 Å². The number of nitrogens with two attached hydrogens (primary N) is 1. The number of hydrogen-bond acceptors (Lipinski definition) is 8. The Hall–Kier alpha value is -1.96. The summed E-state index contributed by atoms with van der Waals surface area (Å²) in [6.07, 6.45) is 0.339. The average Bonchev–Trinajstić information content (AvgIpc) is 2.42. The van der Waals surface area contributed by atoms with Crippen LogP contribution >= 0.6 is 0 Å². The van der Waals surface area contributed by atoms with E-state index in [0.717, 1.165) is 6.54 Å². The van der Waals surface area contributed by atoms with Crippen LogP contribution < -0.4 is 10.6 Å². The van der Waals surface area contributed by atoms with Crippen molar-refractivity contribution in [3.63, 3.8) is 0 Å². The molecule has 0 radical (unpaired) electrons. The van der Waals surface area contributed by atoms with Gasteiger partial charge in [-0.3, -0.25) is 9.69 Å². The second-order valence-electron chi connectivity index (χ2n) is 4.50. The van der Waals surface area contributed by atoms with Crippen molar-refractivity contribution in [1.29, 1.82) is 0 Å². The normalized spacial score (nSPS) is 10.7. The molecule has 1 aromatic rings. The van der Waals surface area contributed by atoms with Crippen LogP contribution in [0, 0.1) is 0 Å². The lowest BCUT2D eigenvalue weighted by molar-refractivity contribution is -0.141. The van der Waals surface area contributed by atoms with Gasteiger partial charge in [-0.1, -0.05) is 6.92 Å². The van der Waals surface area contributed by atoms with Gasteiger partial charge >= 0.3 is 5.97 Å². The van der Waals surface area contributed by atoms with Gasteiger partial charge in [0.1, 0.15) is 5.82 Å². The third kappa shape index (κ3) is 4.96. The molecule has 0 aliphatic rings. The lowest BCUT2D eigenvalue weighted by Crippen LogP contribution is -2.28. The number of ether oxygens (including phenoxy) is 1. The Kier molecular flexibility index (Phi) is 6.10. The fraction of sp³-hybridized carbons (Fsp3) is 0.667. The van der Waals surface area contributed by atoms with Gasteiger partial charge in [-0.05, 0) is 6.54 Å². The highest BCUT2D eigenvalue weighted by molar-refractivity contribution is 5.69. The zero-order valence-corrected chi connectivity index (χ0v) is 12.5. The summed E-state index contributed by atoms with van der Waals surface area (Å²) in [5.74, 6) is 1.08. The van der Waals surface area contributed by atoms with Crippen LogP contribution in [0.15, 0.2) is 0 Å². The van der Waals surface area contributed by atoms with E-state index in [1.807, 2.05) is 25.9 Å². The first-order valence-electron chi connectivity index (χ1n) is 6.43. The Labute approximate surface area is 119 Å². The number of carbonyl (C=O) groups excluding carboxylic acids is 1. The first-order chi connectivity index (χ1) is 9.46. The van der Waals surface area contributed by atoms with Crippen molar-refractivity contribution in [3.8, 4) is 0 Å². The number of nitrogen functional groups attached to an aromatic ring is 1. The molecule has 20 heavy (non-hydrogen) atoms. The predicted molar refractivity (Wildman–Crippen MR) is 76.2 cm³/mol. The third-order valence-corrected chi connectivity index (χ3v) is 2.76. The summed E-state index contributed by atoms with van der Waals surface area (Å²) in [5, 5.41) is 0. The van der Waals surface area contributed by atoms with Gasteiger partial charge < -0.3 is 15.4 Å². The van der Waals surface area contributed by atoms with E-state index in [9.17, 15) is 4.79 Å². The Bertz CT molecular complexity index is 452. The summed E-state index contributed by atoms with van der Waals surface area (Å²) >= 11 is 0. The highest BCUT2D eigenvalue weighted by Gasteiger charge is 2.11. The predicted octanol–water partition coefficient (Wildman–Crippen LogP) is -0.0952. The molecule has 0 amide bonds. The molecule has 1 rings (SSSR count). The molecule has 0 aliphatic carbocycles. The molecule has 1 heterocycles. The molecular formula is C12H22N6O2. The summed E-state index contributed by atoms with van der Waals surface area (Å²) in [5.41, 5.74) is 5.68. The third-order valence-electron chi connectivity index (χ3n) is 2.76. The number of methoxy groups -OCH3 is 1. The lowest BCUT2D eigenvalue weighted by atomic mass is 10.3. The molecule has 0 saturated heterocycles. The minimum Gasteiger partial charge on any atom is -0.469 e. The van der Waals surface area contributed by atoms with E-state index in [2.05, 4.69) is 19.7 Å². The van der Waals surface area contributed by atoms with E-state index in [1.165, 1.54) is 7.11 Å². The number of rotatable bonds is 7. The molecule has 0 aromatic carbocycles. The van der Waals surface area contributed by atoms with Crippen LogP contribution in [0.2, 0.25) is 0 Å². The molecule has 8 heteroatoms. The van der Waals surface area contributed by atoms with E-state index in [-0.39, 0.29) is 11.9 Å². The summed E-state index contributed by atoms with van der Waals surface area (Å²) in [4.78, 5) is 27.5. The second-order valence-corrected chi connectivity index (χ2v) is 4.50. The van der Waals surface area contributed by atoms with Crippen molar-refractivity contribution in [3.05, 3.63) is 5.82 Å². The van der Waals surface area contributed by atoms with Gasteiger partial charge in [-0.2, -0.15) is 15.0 Å². The number of carbonyl (C=O) groups is 1. The zero-order valence-electron chi connectivity index (χ0n) is 12.5. The topological polar surface area (TPSA) is 97.5 Å². The number of esters is 1. The van der Waals surface area contributed by atoms with Gasteiger partial charge in [0, 0.05) is 20.6 Å². The Morgan fingerprint density at radius 2 is 2.00 bits per heavy atom. The van der Waals surface area contributed by atoms with Gasteiger partial charge in [0.25, 0.3) is 0 Å². The number of anilines is 2. The maximum Gasteiger partial charge on any atom is 0.306 e.